The predicted molar refractivity (Wildman–Crippen MR) is 170 cm³/mol. The first-order valence-corrected chi connectivity index (χ1v) is 13.8. The highest BCUT2D eigenvalue weighted by molar-refractivity contribution is 6.28. The van der Waals surface area contributed by atoms with Crippen LogP contribution in [0.1, 0.15) is 0 Å². The Morgan fingerprint density at radius 1 is 0.300 bits per heavy atom. The van der Waals surface area contributed by atoms with E-state index in [1.165, 1.54) is 76.5 Å². The molecule has 9 rings (SSSR count). The van der Waals surface area contributed by atoms with E-state index in [0.29, 0.717) is 0 Å². The van der Waals surface area contributed by atoms with E-state index in [2.05, 4.69) is 155 Å². The maximum atomic E-state index is 2.44. The summed E-state index contributed by atoms with van der Waals surface area (Å²) in [6, 6.07) is 53.0. The molecule has 0 saturated heterocycles. The van der Waals surface area contributed by atoms with E-state index in [4.69, 9.17) is 0 Å². The van der Waals surface area contributed by atoms with Gasteiger partial charge in [-0.2, -0.15) is 0 Å². The highest BCUT2D eigenvalue weighted by Crippen LogP contribution is 2.42. The van der Waals surface area contributed by atoms with Crippen molar-refractivity contribution in [2.24, 2.45) is 0 Å². The molecule has 0 bridgehead atoms. The maximum absolute atomic E-state index is 2.44. The average molecular weight is 509 g/mol. The van der Waals surface area contributed by atoms with E-state index in [1.54, 1.807) is 0 Å². The van der Waals surface area contributed by atoms with Gasteiger partial charge in [0, 0.05) is 32.9 Å². The zero-order valence-electron chi connectivity index (χ0n) is 21.8. The Morgan fingerprint density at radius 2 is 0.900 bits per heavy atom. The minimum absolute atomic E-state index is 1.17. The van der Waals surface area contributed by atoms with Crippen LogP contribution in [0, 0.1) is 0 Å². The Hall–Kier alpha value is -5.34. The van der Waals surface area contributed by atoms with Crippen molar-refractivity contribution < 1.29 is 0 Å². The summed E-state index contributed by atoms with van der Waals surface area (Å²) in [7, 11) is 0. The van der Waals surface area contributed by atoms with Gasteiger partial charge in [0.05, 0.1) is 22.1 Å². The Bertz CT molecular complexity index is 2410. The number of para-hydroxylation sites is 3. The molecular weight excluding hydrogens is 484 g/mol. The van der Waals surface area contributed by atoms with Crippen LogP contribution >= 0.6 is 0 Å². The van der Waals surface area contributed by atoms with Gasteiger partial charge >= 0.3 is 0 Å². The second-order valence-electron chi connectivity index (χ2n) is 10.6. The largest absolute Gasteiger partial charge is 0.309 e. The zero-order chi connectivity index (χ0) is 26.2. The van der Waals surface area contributed by atoms with Crippen LogP contribution < -0.4 is 0 Å². The second kappa shape index (κ2) is 8.08. The van der Waals surface area contributed by atoms with Gasteiger partial charge < -0.3 is 9.13 Å². The number of aromatic nitrogens is 2. The summed E-state index contributed by atoms with van der Waals surface area (Å²) in [6.45, 7) is 0. The van der Waals surface area contributed by atoms with Gasteiger partial charge in [0.1, 0.15) is 0 Å². The van der Waals surface area contributed by atoms with Crippen molar-refractivity contribution in [2.45, 2.75) is 0 Å². The summed E-state index contributed by atoms with van der Waals surface area (Å²) < 4.78 is 4.84. The van der Waals surface area contributed by atoms with Crippen LogP contribution in [0.25, 0.3) is 76.5 Å². The highest BCUT2D eigenvalue weighted by atomic mass is 15.0. The molecule has 0 amide bonds. The van der Waals surface area contributed by atoms with Crippen LogP contribution in [0.4, 0.5) is 0 Å². The van der Waals surface area contributed by atoms with E-state index in [9.17, 15) is 0 Å². The van der Waals surface area contributed by atoms with E-state index >= 15 is 0 Å². The fourth-order valence-electron chi connectivity index (χ4n) is 6.78. The first kappa shape index (κ1) is 21.6. The van der Waals surface area contributed by atoms with Gasteiger partial charge in [0.2, 0.25) is 0 Å². The van der Waals surface area contributed by atoms with Crippen molar-refractivity contribution in [3.8, 4) is 11.4 Å². The summed E-state index contributed by atoms with van der Waals surface area (Å²) >= 11 is 0. The number of rotatable bonds is 2. The standard InChI is InChI=1S/C38H24N2/c1-3-12-26(13-4-1)39-34-18-10-9-17-30(34)32-23-33-37(24-36(32)39)40(27-14-5-2-6-15-27)35-22-21-29-28-16-8-7-11-25(28)19-20-31(29)38(33)35/h1-24H. The van der Waals surface area contributed by atoms with Crippen LogP contribution in [0.5, 0.6) is 0 Å². The van der Waals surface area contributed by atoms with Gasteiger partial charge in [0.25, 0.3) is 0 Å². The molecule has 2 nitrogen and oxygen atoms in total. The summed E-state index contributed by atoms with van der Waals surface area (Å²) in [5, 5.41) is 10.3. The van der Waals surface area contributed by atoms with Crippen LogP contribution in [0.2, 0.25) is 0 Å². The topological polar surface area (TPSA) is 9.86 Å². The molecule has 0 N–H and O–H groups in total. The molecule has 0 atom stereocenters. The minimum atomic E-state index is 1.17. The smallest absolute Gasteiger partial charge is 0.0562 e. The van der Waals surface area contributed by atoms with Crippen molar-refractivity contribution in [2.75, 3.05) is 0 Å². The summed E-state index contributed by atoms with van der Waals surface area (Å²) in [5.41, 5.74) is 7.23. The predicted octanol–water partition coefficient (Wildman–Crippen LogP) is 10.2. The third kappa shape index (κ3) is 2.88. The lowest BCUT2D eigenvalue weighted by atomic mass is 9.98. The lowest BCUT2D eigenvalue weighted by molar-refractivity contribution is 1.16. The molecule has 0 fully saturated rings. The molecule has 0 aliphatic carbocycles. The van der Waals surface area contributed by atoms with E-state index < -0.39 is 0 Å². The van der Waals surface area contributed by atoms with Crippen LogP contribution in [0.15, 0.2) is 146 Å². The van der Waals surface area contributed by atoms with E-state index in [0.717, 1.165) is 0 Å². The molecule has 9 aromatic rings. The van der Waals surface area contributed by atoms with Gasteiger partial charge in [-0.25, -0.2) is 0 Å². The molecule has 0 radical (unpaired) electrons. The summed E-state index contributed by atoms with van der Waals surface area (Å²) in [6.07, 6.45) is 0. The van der Waals surface area contributed by atoms with Crippen molar-refractivity contribution in [1.29, 1.82) is 0 Å². The summed E-state index contributed by atoms with van der Waals surface area (Å²) in [4.78, 5) is 0. The molecule has 2 heteroatoms. The van der Waals surface area contributed by atoms with Gasteiger partial charge in [-0.05, 0) is 70.1 Å². The van der Waals surface area contributed by atoms with Crippen LogP contribution in [-0.4, -0.2) is 9.13 Å². The third-order valence-corrected chi connectivity index (χ3v) is 8.47. The van der Waals surface area contributed by atoms with Gasteiger partial charge in [-0.15, -0.1) is 0 Å². The zero-order valence-corrected chi connectivity index (χ0v) is 21.8. The van der Waals surface area contributed by atoms with Crippen LogP contribution in [0.3, 0.4) is 0 Å². The molecule has 7 aromatic carbocycles. The van der Waals surface area contributed by atoms with Crippen molar-refractivity contribution in [3.05, 3.63) is 146 Å². The third-order valence-electron chi connectivity index (χ3n) is 8.47. The number of nitrogens with zero attached hydrogens (tertiary/aromatic N) is 2. The van der Waals surface area contributed by atoms with Crippen molar-refractivity contribution >= 4 is 65.2 Å². The van der Waals surface area contributed by atoms with Gasteiger partial charge in [-0.1, -0.05) is 97.1 Å². The highest BCUT2D eigenvalue weighted by Gasteiger charge is 2.20. The molecule has 0 aliphatic heterocycles. The van der Waals surface area contributed by atoms with Crippen molar-refractivity contribution in [1.82, 2.24) is 9.13 Å². The lowest BCUT2D eigenvalue weighted by Crippen LogP contribution is -1.95. The minimum Gasteiger partial charge on any atom is -0.309 e. The quantitative estimate of drug-likeness (QED) is 0.206. The molecule has 0 saturated carbocycles. The molecule has 0 aliphatic rings. The fourth-order valence-corrected chi connectivity index (χ4v) is 6.78. The molecule has 0 unspecified atom stereocenters. The second-order valence-corrected chi connectivity index (χ2v) is 10.6. The van der Waals surface area contributed by atoms with E-state index in [-0.39, 0.29) is 0 Å². The molecular formula is C38H24N2. The fraction of sp³-hybridized carbons (Fsp3) is 0. The van der Waals surface area contributed by atoms with Crippen LogP contribution in [-0.2, 0) is 0 Å². The molecule has 0 spiro atoms. The SMILES string of the molecule is c1ccc(-n2c3ccccc3c3cc4c5c6ccc7ccccc7c6ccc5n(-c5ccccc5)c4cc32)cc1. The van der Waals surface area contributed by atoms with Gasteiger partial charge in [-0.3, -0.25) is 0 Å². The number of hydrogen-bond donors (Lipinski definition) is 0. The first-order chi connectivity index (χ1) is 19.9. The lowest BCUT2D eigenvalue weighted by Gasteiger charge is -2.10. The Labute approximate surface area is 230 Å². The number of hydrogen-bond acceptors (Lipinski definition) is 0. The average Bonchev–Trinajstić information content (AvgIpc) is 3.53. The maximum Gasteiger partial charge on any atom is 0.0562 e. The molecule has 2 heterocycles. The van der Waals surface area contributed by atoms with Crippen molar-refractivity contribution in [3.63, 3.8) is 0 Å². The Morgan fingerprint density at radius 3 is 1.68 bits per heavy atom. The molecule has 40 heavy (non-hydrogen) atoms. The molecule has 186 valence electrons. The number of fused-ring (bicyclic) bond motifs is 10. The monoisotopic (exact) mass is 508 g/mol. The number of benzene rings is 7. The Kier molecular flexibility index (Phi) is 4.36. The normalized spacial score (nSPS) is 12.0. The van der Waals surface area contributed by atoms with Gasteiger partial charge in [0.15, 0.2) is 0 Å². The Balaban J connectivity index is 1.53. The summed E-state index contributed by atoms with van der Waals surface area (Å²) in [5.74, 6) is 0. The first-order valence-electron chi connectivity index (χ1n) is 13.8. The van der Waals surface area contributed by atoms with E-state index in [1.807, 2.05) is 0 Å². The molecule has 2 aromatic heterocycles.